The third-order valence-corrected chi connectivity index (χ3v) is 6.27. The predicted octanol–water partition coefficient (Wildman–Crippen LogP) is 4.15. The topological polar surface area (TPSA) is 84.9 Å². The second kappa shape index (κ2) is 11.2. The van der Waals surface area contributed by atoms with E-state index in [1.807, 2.05) is 31.2 Å². The summed E-state index contributed by atoms with van der Waals surface area (Å²) in [5, 5.41) is 3.05. The smallest absolute Gasteiger partial charge is 0.244 e. The number of carbonyl (C=O) groups excluding carboxylic acids is 1. The van der Waals surface area contributed by atoms with E-state index in [0.29, 0.717) is 30.4 Å². The van der Waals surface area contributed by atoms with Gasteiger partial charge in [0.25, 0.3) is 0 Å². The minimum atomic E-state index is -3.70. The van der Waals surface area contributed by atoms with E-state index in [0.717, 1.165) is 21.9 Å². The standard InChI is InChI=1S/C24H34N2O5S/c1-7-31-22-14-10-20(11-15-22)26(32(6,28)29)18(4)24(27)25-23(16-17(2)3)19-8-12-21(30-5)13-9-19/h8-15,17-18,23H,7,16H2,1-6H3,(H,25,27)/t18-,23+/m0/s1. The summed E-state index contributed by atoms with van der Waals surface area (Å²) in [5.41, 5.74) is 1.34. The van der Waals surface area contributed by atoms with Crippen LogP contribution in [0.5, 0.6) is 11.5 Å². The fraction of sp³-hybridized carbons (Fsp3) is 0.458. The normalized spacial score (nSPS) is 13.3. The van der Waals surface area contributed by atoms with Gasteiger partial charge < -0.3 is 14.8 Å². The summed E-state index contributed by atoms with van der Waals surface area (Å²) in [4.78, 5) is 13.2. The molecule has 0 saturated heterocycles. The van der Waals surface area contributed by atoms with Crippen LogP contribution < -0.4 is 19.1 Å². The maximum absolute atomic E-state index is 13.2. The lowest BCUT2D eigenvalue weighted by atomic mass is 9.96. The van der Waals surface area contributed by atoms with Crippen LogP contribution in [0.2, 0.25) is 0 Å². The monoisotopic (exact) mass is 462 g/mol. The van der Waals surface area contributed by atoms with Crippen LogP contribution in [0.3, 0.4) is 0 Å². The van der Waals surface area contributed by atoms with E-state index >= 15 is 0 Å². The van der Waals surface area contributed by atoms with Crippen molar-refractivity contribution < 1.29 is 22.7 Å². The van der Waals surface area contributed by atoms with Crippen molar-refractivity contribution >= 4 is 21.6 Å². The molecule has 0 spiro atoms. The Morgan fingerprint density at radius 1 is 1.00 bits per heavy atom. The number of sulfonamides is 1. The van der Waals surface area contributed by atoms with Gasteiger partial charge in [-0.3, -0.25) is 9.10 Å². The fourth-order valence-corrected chi connectivity index (χ4v) is 4.72. The molecule has 7 nitrogen and oxygen atoms in total. The Morgan fingerprint density at radius 3 is 2.03 bits per heavy atom. The zero-order valence-electron chi connectivity index (χ0n) is 19.7. The van der Waals surface area contributed by atoms with Crippen molar-refractivity contribution in [1.82, 2.24) is 5.32 Å². The Balaban J connectivity index is 2.29. The van der Waals surface area contributed by atoms with Gasteiger partial charge in [0.05, 0.1) is 31.7 Å². The van der Waals surface area contributed by atoms with Crippen LogP contribution in [0.25, 0.3) is 0 Å². The number of nitrogens with one attached hydrogen (secondary N) is 1. The molecule has 2 aromatic rings. The van der Waals surface area contributed by atoms with Crippen LogP contribution in [0.15, 0.2) is 48.5 Å². The van der Waals surface area contributed by atoms with Crippen LogP contribution in [0.1, 0.15) is 45.7 Å². The molecule has 0 unspecified atom stereocenters. The molecule has 32 heavy (non-hydrogen) atoms. The van der Waals surface area contributed by atoms with Gasteiger partial charge in [-0.1, -0.05) is 26.0 Å². The molecule has 0 aliphatic rings. The first-order valence-corrected chi connectivity index (χ1v) is 12.6. The van der Waals surface area contributed by atoms with Gasteiger partial charge >= 0.3 is 0 Å². The van der Waals surface area contributed by atoms with Crippen molar-refractivity contribution in [3.05, 3.63) is 54.1 Å². The molecule has 2 atom stereocenters. The molecule has 2 rings (SSSR count). The number of benzene rings is 2. The number of hydrogen-bond acceptors (Lipinski definition) is 5. The van der Waals surface area contributed by atoms with Gasteiger partial charge in [0, 0.05) is 0 Å². The highest BCUT2D eigenvalue weighted by atomic mass is 32.2. The summed E-state index contributed by atoms with van der Waals surface area (Å²) in [6, 6.07) is 13.0. The molecule has 176 valence electrons. The summed E-state index contributed by atoms with van der Waals surface area (Å²) in [6.07, 6.45) is 1.81. The molecule has 0 aliphatic heterocycles. The molecule has 0 fully saturated rings. The first-order valence-electron chi connectivity index (χ1n) is 10.7. The van der Waals surface area contributed by atoms with Crippen LogP contribution >= 0.6 is 0 Å². The highest BCUT2D eigenvalue weighted by Gasteiger charge is 2.30. The van der Waals surface area contributed by atoms with E-state index in [1.165, 1.54) is 0 Å². The van der Waals surface area contributed by atoms with Gasteiger partial charge in [0.1, 0.15) is 17.5 Å². The molecule has 2 aromatic carbocycles. The molecular weight excluding hydrogens is 428 g/mol. The van der Waals surface area contributed by atoms with Crippen molar-refractivity contribution in [2.75, 3.05) is 24.3 Å². The van der Waals surface area contributed by atoms with Gasteiger partial charge in [-0.25, -0.2) is 8.42 Å². The average Bonchev–Trinajstić information content (AvgIpc) is 2.73. The second-order valence-corrected chi connectivity index (χ2v) is 9.99. The van der Waals surface area contributed by atoms with Crippen LogP contribution in [-0.2, 0) is 14.8 Å². The van der Waals surface area contributed by atoms with E-state index in [4.69, 9.17) is 9.47 Å². The first-order chi connectivity index (χ1) is 15.1. The Hall–Kier alpha value is -2.74. The lowest BCUT2D eigenvalue weighted by Crippen LogP contribution is -2.48. The first kappa shape index (κ1) is 25.5. The maximum atomic E-state index is 13.2. The van der Waals surface area contributed by atoms with Gasteiger partial charge in [0.2, 0.25) is 15.9 Å². The van der Waals surface area contributed by atoms with E-state index < -0.39 is 16.1 Å². The second-order valence-electron chi connectivity index (χ2n) is 8.13. The van der Waals surface area contributed by atoms with Gasteiger partial charge in [-0.2, -0.15) is 0 Å². The largest absolute Gasteiger partial charge is 0.497 e. The zero-order chi connectivity index (χ0) is 23.9. The zero-order valence-corrected chi connectivity index (χ0v) is 20.5. The Kier molecular flexibility index (Phi) is 8.95. The molecule has 0 aliphatic carbocycles. The third kappa shape index (κ3) is 6.88. The number of carbonyl (C=O) groups is 1. The van der Waals surface area contributed by atoms with Crippen LogP contribution in [0, 0.1) is 5.92 Å². The highest BCUT2D eigenvalue weighted by molar-refractivity contribution is 7.92. The Morgan fingerprint density at radius 2 is 1.56 bits per heavy atom. The minimum absolute atomic E-state index is 0.252. The summed E-state index contributed by atoms with van der Waals surface area (Å²) in [5.74, 6) is 1.33. The quantitative estimate of drug-likeness (QED) is 0.542. The maximum Gasteiger partial charge on any atom is 0.244 e. The average molecular weight is 463 g/mol. The molecule has 1 amide bonds. The fourth-order valence-electron chi connectivity index (χ4n) is 3.54. The predicted molar refractivity (Wildman–Crippen MR) is 128 cm³/mol. The summed E-state index contributed by atoms with van der Waals surface area (Å²) >= 11 is 0. The van der Waals surface area contributed by atoms with E-state index in [-0.39, 0.29) is 11.9 Å². The van der Waals surface area contributed by atoms with E-state index in [1.54, 1.807) is 38.3 Å². The lowest BCUT2D eigenvalue weighted by Gasteiger charge is -2.30. The highest BCUT2D eigenvalue weighted by Crippen LogP contribution is 2.26. The van der Waals surface area contributed by atoms with Crippen molar-refractivity contribution in [3.63, 3.8) is 0 Å². The Labute approximate surface area is 191 Å². The van der Waals surface area contributed by atoms with Crippen LogP contribution in [-0.4, -0.2) is 40.3 Å². The Bertz CT molecular complexity index is 972. The van der Waals surface area contributed by atoms with Gasteiger partial charge in [-0.15, -0.1) is 0 Å². The molecular formula is C24H34N2O5S. The summed E-state index contributed by atoms with van der Waals surface area (Å²) < 4.78 is 37.0. The van der Waals surface area contributed by atoms with E-state index in [2.05, 4.69) is 19.2 Å². The molecule has 1 N–H and O–H groups in total. The number of amides is 1. The molecule has 0 bridgehead atoms. The number of methoxy groups -OCH3 is 1. The molecule has 8 heteroatoms. The number of rotatable bonds is 11. The number of ether oxygens (including phenoxy) is 2. The summed E-state index contributed by atoms with van der Waals surface area (Å²) in [7, 11) is -2.10. The lowest BCUT2D eigenvalue weighted by molar-refractivity contribution is -0.122. The van der Waals surface area contributed by atoms with Crippen molar-refractivity contribution in [2.45, 2.75) is 46.2 Å². The van der Waals surface area contributed by atoms with Crippen molar-refractivity contribution in [2.24, 2.45) is 5.92 Å². The van der Waals surface area contributed by atoms with Crippen LogP contribution in [0.4, 0.5) is 5.69 Å². The minimum Gasteiger partial charge on any atom is -0.497 e. The molecule has 0 saturated carbocycles. The van der Waals surface area contributed by atoms with Gasteiger partial charge in [-0.05, 0) is 68.1 Å². The molecule has 0 heterocycles. The number of nitrogens with zero attached hydrogens (tertiary/aromatic N) is 1. The number of anilines is 1. The third-order valence-electron chi connectivity index (χ3n) is 5.03. The van der Waals surface area contributed by atoms with Gasteiger partial charge in [0.15, 0.2) is 0 Å². The van der Waals surface area contributed by atoms with E-state index in [9.17, 15) is 13.2 Å². The van der Waals surface area contributed by atoms with Crippen molar-refractivity contribution in [1.29, 1.82) is 0 Å². The molecule has 0 radical (unpaired) electrons. The number of hydrogen-bond donors (Lipinski definition) is 1. The SMILES string of the molecule is CCOc1ccc(N([C@@H](C)C(=O)N[C@H](CC(C)C)c2ccc(OC)cc2)S(C)(=O)=O)cc1. The molecule has 0 aromatic heterocycles. The summed E-state index contributed by atoms with van der Waals surface area (Å²) in [6.45, 7) is 8.13. The van der Waals surface area contributed by atoms with Crippen molar-refractivity contribution in [3.8, 4) is 11.5 Å².